The molecule has 2 fully saturated rings. The van der Waals surface area contributed by atoms with Crippen LogP contribution in [0.1, 0.15) is 23.3 Å². The monoisotopic (exact) mass is 337 g/mol. The third kappa shape index (κ3) is 2.66. The summed E-state index contributed by atoms with van der Waals surface area (Å²) in [5.74, 6) is -2.45. The quantitative estimate of drug-likeness (QED) is 0.862. The smallest absolute Gasteiger partial charge is 0.310 e. The average molecular weight is 337 g/mol. The number of nitrogens with one attached hydrogen (secondary N) is 1. The molecule has 124 valence electrons. The van der Waals surface area contributed by atoms with E-state index in [0.29, 0.717) is 13.2 Å². The second-order valence-corrected chi connectivity index (χ2v) is 7.43. The minimum absolute atomic E-state index is 0.0520. The number of carboxylic acid groups (broad SMARTS) is 1. The van der Waals surface area contributed by atoms with Crippen molar-refractivity contribution in [1.29, 1.82) is 0 Å². The number of carbonyl (C=O) groups is 2. The Morgan fingerprint density at radius 1 is 1.30 bits per heavy atom. The summed E-state index contributed by atoms with van der Waals surface area (Å²) in [6, 6.07) is 2.10. The van der Waals surface area contributed by atoms with Crippen molar-refractivity contribution >= 4 is 23.2 Å². The lowest BCUT2D eigenvalue weighted by Crippen LogP contribution is -2.46. The van der Waals surface area contributed by atoms with E-state index >= 15 is 0 Å². The van der Waals surface area contributed by atoms with Crippen LogP contribution in [-0.4, -0.2) is 41.8 Å². The van der Waals surface area contributed by atoms with Crippen LogP contribution in [0.4, 0.5) is 0 Å². The lowest BCUT2D eigenvalue weighted by molar-refractivity contribution is -0.148. The number of amides is 1. The molecular formula is C16H19NO5S. The Morgan fingerprint density at radius 2 is 2.09 bits per heavy atom. The van der Waals surface area contributed by atoms with Gasteiger partial charge in [-0.25, -0.2) is 0 Å². The second kappa shape index (κ2) is 5.89. The van der Waals surface area contributed by atoms with E-state index in [1.807, 2.05) is 0 Å². The maximum atomic E-state index is 12.5. The number of carbonyl (C=O) groups excluding carboxylic acids is 1. The number of hydrogen-bond acceptors (Lipinski definition) is 5. The minimum atomic E-state index is -0.936. The van der Waals surface area contributed by atoms with E-state index in [2.05, 4.69) is 16.8 Å². The fraction of sp³-hybridized carbons (Fsp3) is 0.625. The molecule has 4 rings (SSSR count). The van der Waals surface area contributed by atoms with Crippen LogP contribution in [-0.2, 0) is 32.1 Å². The molecular weight excluding hydrogens is 318 g/mol. The molecule has 6 nitrogen and oxygen atoms in total. The Balaban J connectivity index is 1.36. The third-order valence-electron chi connectivity index (χ3n) is 5.10. The molecule has 1 aromatic heterocycles. The summed E-state index contributed by atoms with van der Waals surface area (Å²) in [6.07, 6.45) is 1.67. The van der Waals surface area contributed by atoms with Crippen molar-refractivity contribution in [2.45, 2.75) is 44.2 Å². The Bertz CT molecular complexity index is 630. The minimum Gasteiger partial charge on any atom is -0.481 e. The number of aliphatic carboxylic acids is 1. The van der Waals surface area contributed by atoms with Crippen molar-refractivity contribution in [1.82, 2.24) is 5.32 Å². The molecule has 7 heteroatoms. The first-order valence-corrected chi connectivity index (χ1v) is 8.84. The SMILES string of the molecule is O=C(O)C1C(C(=O)NCC2Cc3ccsc3CO2)[C@H]2CC[C@@H]1O2. The molecule has 2 saturated heterocycles. The van der Waals surface area contributed by atoms with Gasteiger partial charge in [-0.2, -0.15) is 0 Å². The molecule has 0 aliphatic carbocycles. The molecule has 3 aliphatic heterocycles. The van der Waals surface area contributed by atoms with Gasteiger partial charge in [0.1, 0.15) is 0 Å². The van der Waals surface area contributed by atoms with E-state index in [0.717, 1.165) is 19.3 Å². The van der Waals surface area contributed by atoms with E-state index in [-0.39, 0.29) is 24.2 Å². The summed E-state index contributed by atoms with van der Waals surface area (Å²) in [4.78, 5) is 25.2. The van der Waals surface area contributed by atoms with E-state index in [1.54, 1.807) is 11.3 Å². The van der Waals surface area contributed by atoms with E-state index in [1.165, 1.54) is 10.4 Å². The van der Waals surface area contributed by atoms with Crippen LogP contribution < -0.4 is 5.32 Å². The average Bonchev–Trinajstić information content (AvgIpc) is 3.25. The summed E-state index contributed by atoms with van der Waals surface area (Å²) in [6.45, 7) is 0.997. The van der Waals surface area contributed by atoms with Gasteiger partial charge in [0, 0.05) is 17.8 Å². The predicted octanol–water partition coefficient (Wildman–Crippen LogP) is 1.18. The number of fused-ring (bicyclic) bond motifs is 3. The predicted molar refractivity (Wildman–Crippen MR) is 82.1 cm³/mol. The number of ether oxygens (including phenoxy) is 2. The number of thiophene rings is 1. The van der Waals surface area contributed by atoms with Gasteiger partial charge < -0.3 is 19.9 Å². The standard InChI is InChI=1S/C16H19NO5S/c18-15(13-10-1-2-11(22-10)14(13)16(19)20)17-6-9-5-8-3-4-23-12(8)7-21-9/h3-4,9-11,13-14H,1-2,5-7H2,(H,17,18)(H,19,20)/t9?,10-,11+,13?,14?/m1/s1. The van der Waals surface area contributed by atoms with Crippen LogP contribution in [0.15, 0.2) is 11.4 Å². The van der Waals surface area contributed by atoms with Gasteiger partial charge >= 0.3 is 5.97 Å². The highest BCUT2D eigenvalue weighted by molar-refractivity contribution is 7.10. The van der Waals surface area contributed by atoms with Crippen LogP contribution in [0, 0.1) is 11.8 Å². The topological polar surface area (TPSA) is 84.9 Å². The van der Waals surface area contributed by atoms with E-state index < -0.39 is 17.8 Å². The van der Waals surface area contributed by atoms with Gasteiger partial charge in [-0.3, -0.25) is 9.59 Å². The number of rotatable bonds is 4. The van der Waals surface area contributed by atoms with Gasteiger partial charge in [0.05, 0.1) is 36.8 Å². The Kier molecular flexibility index (Phi) is 3.87. The van der Waals surface area contributed by atoms with Gasteiger partial charge in [-0.05, 0) is 29.9 Å². The molecule has 23 heavy (non-hydrogen) atoms. The highest BCUT2D eigenvalue weighted by Crippen LogP contribution is 2.43. The summed E-state index contributed by atoms with van der Waals surface area (Å²) >= 11 is 1.69. The van der Waals surface area contributed by atoms with Crippen molar-refractivity contribution < 1.29 is 24.2 Å². The number of hydrogen-bond donors (Lipinski definition) is 2. The molecule has 1 aromatic rings. The first-order chi connectivity index (χ1) is 11.1. The molecule has 2 N–H and O–H groups in total. The first kappa shape index (κ1) is 15.1. The maximum absolute atomic E-state index is 12.5. The lowest BCUT2D eigenvalue weighted by atomic mass is 9.78. The second-order valence-electron chi connectivity index (χ2n) is 6.43. The zero-order valence-electron chi connectivity index (χ0n) is 12.6. The fourth-order valence-electron chi connectivity index (χ4n) is 3.96. The van der Waals surface area contributed by atoms with Crippen LogP contribution in [0.2, 0.25) is 0 Å². The molecule has 4 heterocycles. The summed E-state index contributed by atoms with van der Waals surface area (Å²) in [5, 5.41) is 14.3. The van der Waals surface area contributed by atoms with Gasteiger partial charge in [-0.15, -0.1) is 11.3 Å². The van der Waals surface area contributed by atoms with Crippen molar-refractivity contribution in [2.24, 2.45) is 11.8 Å². The highest BCUT2D eigenvalue weighted by atomic mass is 32.1. The van der Waals surface area contributed by atoms with E-state index in [9.17, 15) is 14.7 Å². The zero-order valence-corrected chi connectivity index (χ0v) is 13.4. The highest BCUT2D eigenvalue weighted by Gasteiger charge is 2.55. The Labute approximate surface area is 137 Å². The molecule has 0 aromatic carbocycles. The molecule has 0 radical (unpaired) electrons. The van der Waals surface area contributed by atoms with Crippen LogP contribution in [0.3, 0.4) is 0 Å². The molecule has 1 amide bonds. The number of carboxylic acids is 1. The largest absolute Gasteiger partial charge is 0.481 e. The van der Waals surface area contributed by atoms with E-state index in [4.69, 9.17) is 9.47 Å². The molecule has 3 aliphatic rings. The lowest BCUT2D eigenvalue weighted by Gasteiger charge is -2.26. The van der Waals surface area contributed by atoms with Crippen LogP contribution >= 0.6 is 11.3 Å². The molecule has 5 atom stereocenters. The Morgan fingerprint density at radius 3 is 2.87 bits per heavy atom. The fourth-order valence-corrected chi connectivity index (χ4v) is 4.80. The van der Waals surface area contributed by atoms with Crippen LogP contribution in [0.5, 0.6) is 0 Å². The first-order valence-electron chi connectivity index (χ1n) is 7.96. The third-order valence-corrected chi connectivity index (χ3v) is 6.04. The normalized spacial score (nSPS) is 35.0. The summed E-state index contributed by atoms with van der Waals surface area (Å²) < 4.78 is 11.4. The van der Waals surface area contributed by atoms with Crippen molar-refractivity contribution in [2.75, 3.05) is 6.54 Å². The van der Waals surface area contributed by atoms with Gasteiger partial charge in [-0.1, -0.05) is 0 Å². The molecule has 0 saturated carbocycles. The molecule has 2 bridgehead atoms. The van der Waals surface area contributed by atoms with Crippen molar-refractivity contribution in [3.05, 3.63) is 21.9 Å². The van der Waals surface area contributed by atoms with Crippen molar-refractivity contribution in [3.63, 3.8) is 0 Å². The summed E-state index contributed by atoms with van der Waals surface area (Å²) in [5.41, 5.74) is 1.28. The maximum Gasteiger partial charge on any atom is 0.310 e. The summed E-state index contributed by atoms with van der Waals surface area (Å²) in [7, 11) is 0. The van der Waals surface area contributed by atoms with Crippen molar-refractivity contribution in [3.8, 4) is 0 Å². The van der Waals surface area contributed by atoms with Gasteiger partial charge in [0.25, 0.3) is 0 Å². The van der Waals surface area contributed by atoms with Crippen LogP contribution in [0.25, 0.3) is 0 Å². The van der Waals surface area contributed by atoms with Gasteiger partial charge in [0.2, 0.25) is 5.91 Å². The molecule has 3 unspecified atom stereocenters. The zero-order chi connectivity index (χ0) is 16.0. The Hall–Kier alpha value is -1.44. The van der Waals surface area contributed by atoms with Gasteiger partial charge in [0.15, 0.2) is 0 Å². The molecule has 0 spiro atoms.